The Hall–Kier alpha value is -4.07. The molecule has 8 nitrogen and oxygen atoms in total. The third-order valence-corrected chi connectivity index (χ3v) is 6.22. The summed E-state index contributed by atoms with van der Waals surface area (Å²) in [6.45, 7) is 9.04. The van der Waals surface area contributed by atoms with Gasteiger partial charge in [0.2, 0.25) is 11.8 Å². The van der Waals surface area contributed by atoms with Gasteiger partial charge < -0.3 is 25.8 Å². The van der Waals surface area contributed by atoms with Crippen molar-refractivity contribution in [2.24, 2.45) is 5.92 Å². The number of nitrogens with one attached hydrogen (secondary N) is 3. The lowest BCUT2D eigenvalue weighted by Crippen LogP contribution is -2.55. The molecule has 38 heavy (non-hydrogen) atoms. The largest absolute Gasteiger partial charge is 0.508 e. The standard InChI is InChI=1S/C30H37N3O5/c1-6-19(2)26(28(36)31-24-13-9-11-21-10-7-8-12-23(21)24)33-27(35)25(32-29(37)38-30(3,4)5)18-20-14-16-22(34)17-15-20/h7-17,19,25-26,34H,6,18H2,1-5H3,(H,31,36)(H,32,37)(H,33,35). The fourth-order valence-corrected chi connectivity index (χ4v) is 4.03. The van der Waals surface area contributed by atoms with Crippen molar-refractivity contribution in [1.29, 1.82) is 0 Å². The molecule has 0 bridgehead atoms. The van der Waals surface area contributed by atoms with Gasteiger partial charge in [0.1, 0.15) is 23.4 Å². The van der Waals surface area contributed by atoms with E-state index in [-0.39, 0.29) is 24.0 Å². The molecule has 202 valence electrons. The van der Waals surface area contributed by atoms with Crippen LogP contribution in [0.25, 0.3) is 10.8 Å². The number of fused-ring (bicyclic) bond motifs is 1. The number of benzene rings is 3. The maximum Gasteiger partial charge on any atom is 0.408 e. The molecule has 0 saturated carbocycles. The number of anilines is 1. The fourth-order valence-electron chi connectivity index (χ4n) is 4.03. The normalized spacial score (nSPS) is 13.7. The zero-order chi connectivity index (χ0) is 27.9. The van der Waals surface area contributed by atoms with Gasteiger partial charge in [0.25, 0.3) is 0 Å². The second-order valence-corrected chi connectivity index (χ2v) is 10.5. The average molecular weight is 520 g/mol. The maximum atomic E-state index is 13.5. The van der Waals surface area contributed by atoms with Crippen molar-refractivity contribution in [2.45, 2.75) is 65.1 Å². The number of phenolic OH excluding ortho intramolecular Hbond substituents is 1. The van der Waals surface area contributed by atoms with Crippen molar-refractivity contribution in [3.05, 3.63) is 72.3 Å². The summed E-state index contributed by atoms with van der Waals surface area (Å²) in [4.78, 5) is 39.5. The van der Waals surface area contributed by atoms with E-state index in [4.69, 9.17) is 4.74 Å². The van der Waals surface area contributed by atoms with Crippen molar-refractivity contribution in [2.75, 3.05) is 5.32 Å². The number of phenols is 1. The topological polar surface area (TPSA) is 117 Å². The number of hydrogen-bond donors (Lipinski definition) is 4. The first-order chi connectivity index (χ1) is 18.0. The van der Waals surface area contributed by atoms with Crippen LogP contribution in [0, 0.1) is 5.92 Å². The van der Waals surface area contributed by atoms with E-state index < -0.39 is 29.7 Å². The molecule has 0 radical (unpaired) electrons. The Bertz CT molecular complexity index is 1260. The molecule has 3 rings (SSSR count). The van der Waals surface area contributed by atoms with Gasteiger partial charge in [0.05, 0.1) is 0 Å². The summed E-state index contributed by atoms with van der Waals surface area (Å²) in [6.07, 6.45) is 0.0521. The Labute approximate surface area is 223 Å². The van der Waals surface area contributed by atoms with Crippen LogP contribution in [0.15, 0.2) is 66.7 Å². The van der Waals surface area contributed by atoms with Gasteiger partial charge in [-0.15, -0.1) is 0 Å². The lowest BCUT2D eigenvalue weighted by molar-refractivity contribution is -0.128. The molecule has 0 aliphatic rings. The summed E-state index contributed by atoms with van der Waals surface area (Å²) in [7, 11) is 0. The van der Waals surface area contributed by atoms with Crippen LogP contribution in [0.3, 0.4) is 0 Å². The number of rotatable bonds is 9. The van der Waals surface area contributed by atoms with Crippen LogP contribution in [0.4, 0.5) is 10.5 Å². The monoisotopic (exact) mass is 519 g/mol. The van der Waals surface area contributed by atoms with Crippen LogP contribution in [0.2, 0.25) is 0 Å². The number of amides is 3. The number of hydrogen-bond acceptors (Lipinski definition) is 5. The van der Waals surface area contributed by atoms with Gasteiger partial charge in [-0.3, -0.25) is 9.59 Å². The molecular formula is C30H37N3O5. The molecule has 3 aromatic carbocycles. The predicted octanol–water partition coefficient (Wildman–Crippen LogP) is 5.15. The summed E-state index contributed by atoms with van der Waals surface area (Å²) in [6, 6.07) is 17.9. The third-order valence-electron chi connectivity index (χ3n) is 6.22. The maximum absolute atomic E-state index is 13.5. The molecule has 3 aromatic rings. The summed E-state index contributed by atoms with van der Waals surface area (Å²) < 4.78 is 5.37. The van der Waals surface area contributed by atoms with E-state index in [1.165, 1.54) is 12.1 Å². The first-order valence-corrected chi connectivity index (χ1v) is 12.8. The lowest BCUT2D eigenvalue weighted by Gasteiger charge is -2.27. The molecule has 3 amide bonds. The average Bonchev–Trinajstić information content (AvgIpc) is 2.86. The fraction of sp³-hybridized carbons (Fsp3) is 0.367. The van der Waals surface area contributed by atoms with Gasteiger partial charge in [-0.05, 0) is 55.8 Å². The van der Waals surface area contributed by atoms with Crippen LogP contribution in [-0.2, 0) is 20.7 Å². The highest BCUT2D eigenvalue weighted by molar-refractivity contribution is 6.05. The summed E-state index contributed by atoms with van der Waals surface area (Å²) in [5, 5.41) is 20.0. The Morgan fingerprint density at radius 3 is 2.21 bits per heavy atom. The van der Waals surface area contributed by atoms with Crippen molar-refractivity contribution in [3.8, 4) is 5.75 Å². The molecule has 0 saturated heterocycles. The first kappa shape index (κ1) is 28.5. The summed E-state index contributed by atoms with van der Waals surface area (Å²) in [5.74, 6) is -0.937. The molecule has 0 aliphatic carbocycles. The second-order valence-electron chi connectivity index (χ2n) is 10.5. The quantitative estimate of drug-likeness (QED) is 0.312. The molecule has 0 aromatic heterocycles. The Balaban J connectivity index is 1.82. The lowest BCUT2D eigenvalue weighted by atomic mass is 9.96. The number of aromatic hydroxyl groups is 1. The second kappa shape index (κ2) is 12.4. The smallest absolute Gasteiger partial charge is 0.408 e. The Morgan fingerprint density at radius 1 is 0.895 bits per heavy atom. The van der Waals surface area contributed by atoms with Crippen LogP contribution >= 0.6 is 0 Å². The van der Waals surface area contributed by atoms with Crippen molar-refractivity contribution in [1.82, 2.24) is 10.6 Å². The van der Waals surface area contributed by atoms with E-state index in [1.807, 2.05) is 56.3 Å². The highest BCUT2D eigenvalue weighted by Gasteiger charge is 2.31. The molecule has 3 atom stereocenters. The van der Waals surface area contributed by atoms with E-state index >= 15 is 0 Å². The Morgan fingerprint density at radius 2 is 1.55 bits per heavy atom. The van der Waals surface area contributed by atoms with Crippen LogP contribution in [-0.4, -0.2) is 40.7 Å². The third kappa shape index (κ3) is 7.96. The van der Waals surface area contributed by atoms with Gasteiger partial charge in [0, 0.05) is 17.5 Å². The van der Waals surface area contributed by atoms with Gasteiger partial charge >= 0.3 is 6.09 Å². The number of alkyl carbamates (subject to hydrolysis) is 1. The number of carbonyl (C=O) groups excluding carboxylic acids is 3. The van der Waals surface area contributed by atoms with Gasteiger partial charge in [-0.2, -0.15) is 0 Å². The summed E-state index contributed by atoms with van der Waals surface area (Å²) >= 11 is 0. The van der Waals surface area contributed by atoms with Crippen LogP contribution in [0.5, 0.6) is 5.75 Å². The van der Waals surface area contributed by atoms with E-state index in [2.05, 4.69) is 16.0 Å². The first-order valence-electron chi connectivity index (χ1n) is 12.8. The van der Waals surface area contributed by atoms with Gasteiger partial charge in [-0.1, -0.05) is 68.8 Å². The van der Waals surface area contributed by atoms with E-state index in [0.29, 0.717) is 12.1 Å². The highest BCUT2D eigenvalue weighted by atomic mass is 16.6. The van der Waals surface area contributed by atoms with Crippen LogP contribution < -0.4 is 16.0 Å². The SMILES string of the molecule is CCC(C)C(NC(=O)C(Cc1ccc(O)cc1)NC(=O)OC(C)(C)C)C(=O)Nc1cccc2ccccc12. The minimum absolute atomic E-state index is 0.0943. The van der Waals surface area contributed by atoms with E-state index in [9.17, 15) is 19.5 Å². The molecular weight excluding hydrogens is 482 g/mol. The molecule has 8 heteroatoms. The molecule has 0 aliphatic heterocycles. The van der Waals surface area contributed by atoms with E-state index in [1.54, 1.807) is 32.9 Å². The molecule has 0 spiro atoms. The predicted molar refractivity (Wildman–Crippen MR) is 149 cm³/mol. The molecule has 0 heterocycles. The van der Waals surface area contributed by atoms with Crippen molar-refractivity contribution < 1.29 is 24.2 Å². The number of ether oxygens (including phenoxy) is 1. The van der Waals surface area contributed by atoms with Gasteiger partial charge in [0.15, 0.2) is 0 Å². The van der Waals surface area contributed by atoms with Crippen molar-refractivity contribution >= 4 is 34.4 Å². The van der Waals surface area contributed by atoms with E-state index in [0.717, 1.165) is 16.3 Å². The van der Waals surface area contributed by atoms with Crippen LogP contribution in [0.1, 0.15) is 46.6 Å². The summed E-state index contributed by atoms with van der Waals surface area (Å²) in [5.41, 5.74) is 0.629. The number of carbonyl (C=O) groups is 3. The molecule has 3 unspecified atom stereocenters. The van der Waals surface area contributed by atoms with Crippen molar-refractivity contribution in [3.63, 3.8) is 0 Å². The minimum atomic E-state index is -1.01. The zero-order valence-electron chi connectivity index (χ0n) is 22.6. The molecule has 0 fully saturated rings. The zero-order valence-corrected chi connectivity index (χ0v) is 22.6. The highest BCUT2D eigenvalue weighted by Crippen LogP contribution is 2.24. The van der Waals surface area contributed by atoms with Gasteiger partial charge in [-0.25, -0.2) is 4.79 Å². The minimum Gasteiger partial charge on any atom is -0.508 e. The molecule has 4 N–H and O–H groups in total. The Kier molecular flexibility index (Phi) is 9.34.